The van der Waals surface area contributed by atoms with Crippen LogP contribution in [0.3, 0.4) is 0 Å². The molecule has 0 aromatic carbocycles. The summed E-state index contributed by atoms with van der Waals surface area (Å²) < 4.78 is 5.83. The predicted octanol–water partition coefficient (Wildman–Crippen LogP) is -0.0398. The topological polar surface area (TPSA) is 92.5 Å². The summed E-state index contributed by atoms with van der Waals surface area (Å²) in [4.78, 5) is 18.6. The zero-order valence-corrected chi connectivity index (χ0v) is 11.9. The SMILES string of the molecule is NNc1cnccc1C(=O)NCC1CN2CCCC2CO1. The van der Waals surface area contributed by atoms with Crippen LogP contribution in [-0.4, -0.2) is 54.2 Å². The van der Waals surface area contributed by atoms with Crippen molar-refractivity contribution in [2.75, 3.05) is 31.7 Å². The number of nitrogens with one attached hydrogen (secondary N) is 2. The number of carbonyl (C=O) groups is 1. The van der Waals surface area contributed by atoms with Gasteiger partial charge in [0.05, 0.1) is 30.2 Å². The van der Waals surface area contributed by atoms with Crippen LogP contribution in [0.4, 0.5) is 5.69 Å². The molecule has 1 aromatic heterocycles. The summed E-state index contributed by atoms with van der Waals surface area (Å²) in [7, 11) is 0. The van der Waals surface area contributed by atoms with Crippen molar-refractivity contribution < 1.29 is 9.53 Å². The van der Waals surface area contributed by atoms with Crippen LogP contribution in [0, 0.1) is 0 Å². The molecule has 0 aliphatic carbocycles. The first-order chi connectivity index (χ1) is 10.3. The Kier molecular flexibility index (Phi) is 4.33. The van der Waals surface area contributed by atoms with Crippen molar-refractivity contribution in [1.29, 1.82) is 0 Å². The molecular formula is C14H21N5O2. The summed E-state index contributed by atoms with van der Waals surface area (Å²) in [5.41, 5.74) is 3.48. The summed E-state index contributed by atoms with van der Waals surface area (Å²) in [5.74, 6) is 5.22. The van der Waals surface area contributed by atoms with Crippen LogP contribution < -0.4 is 16.6 Å². The zero-order valence-electron chi connectivity index (χ0n) is 11.9. The maximum absolute atomic E-state index is 12.2. The molecule has 2 aliphatic rings. The standard InChI is InChI=1S/C14H21N5O2/c15-18-13-7-16-4-3-12(13)14(20)17-6-11-8-19-5-1-2-10(19)9-21-11/h3-4,7,10-11,18H,1-2,5-6,8-9,15H2,(H,17,20). The highest BCUT2D eigenvalue weighted by molar-refractivity contribution is 5.99. The number of aromatic nitrogens is 1. The average molecular weight is 291 g/mol. The maximum atomic E-state index is 12.2. The van der Waals surface area contributed by atoms with Gasteiger partial charge in [-0.25, -0.2) is 0 Å². The fourth-order valence-corrected chi connectivity index (χ4v) is 3.02. The van der Waals surface area contributed by atoms with E-state index in [9.17, 15) is 4.79 Å². The van der Waals surface area contributed by atoms with Gasteiger partial charge in [-0.3, -0.25) is 20.5 Å². The van der Waals surface area contributed by atoms with Gasteiger partial charge in [-0.2, -0.15) is 0 Å². The number of hydrazine groups is 1. The molecular weight excluding hydrogens is 270 g/mol. The van der Waals surface area contributed by atoms with E-state index in [1.165, 1.54) is 19.0 Å². The summed E-state index contributed by atoms with van der Waals surface area (Å²) in [6, 6.07) is 2.22. The quantitative estimate of drug-likeness (QED) is 0.532. The van der Waals surface area contributed by atoms with Gasteiger partial charge in [0.2, 0.25) is 0 Å². The highest BCUT2D eigenvalue weighted by atomic mass is 16.5. The number of rotatable bonds is 4. The van der Waals surface area contributed by atoms with Gasteiger partial charge in [0, 0.05) is 25.3 Å². The Morgan fingerprint density at radius 3 is 3.33 bits per heavy atom. The Bertz CT molecular complexity index is 510. The second-order valence-corrected chi connectivity index (χ2v) is 5.52. The van der Waals surface area contributed by atoms with Gasteiger partial charge in [-0.1, -0.05) is 0 Å². The molecule has 7 heteroatoms. The van der Waals surface area contributed by atoms with E-state index in [1.807, 2.05) is 0 Å². The highest BCUT2D eigenvalue weighted by Crippen LogP contribution is 2.22. The smallest absolute Gasteiger partial charge is 0.253 e. The van der Waals surface area contributed by atoms with Crippen LogP contribution in [0.25, 0.3) is 0 Å². The van der Waals surface area contributed by atoms with Crippen LogP contribution in [-0.2, 0) is 4.74 Å². The number of nitrogens with zero attached hydrogens (tertiary/aromatic N) is 2. The van der Waals surface area contributed by atoms with Crippen LogP contribution in [0.15, 0.2) is 18.5 Å². The molecule has 0 spiro atoms. The molecule has 4 N–H and O–H groups in total. The Labute approximate surface area is 123 Å². The lowest BCUT2D eigenvalue weighted by atomic mass is 10.1. The minimum absolute atomic E-state index is 0.0550. The molecule has 0 saturated carbocycles. The number of pyridine rings is 1. The minimum Gasteiger partial charge on any atom is -0.373 e. The third-order valence-corrected chi connectivity index (χ3v) is 4.17. The van der Waals surface area contributed by atoms with Crippen LogP contribution in [0.1, 0.15) is 23.2 Å². The Hall–Kier alpha value is -1.70. The lowest BCUT2D eigenvalue weighted by molar-refractivity contribution is -0.0461. The molecule has 2 fully saturated rings. The number of fused-ring (bicyclic) bond motifs is 1. The molecule has 2 saturated heterocycles. The number of anilines is 1. The largest absolute Gasteiger partial charge is 0.373 e. The molecule has 114 valence electrons. The first kappa shape index (κ1) is 14.2. The number of carbonyl (C=O) groups excluding carboxylic acids is 1. The average Bonchev–Trinajstić information content (AvgIpc) is 3.00. The summed E-state index contributed by atoms with van der Waals surface area (Å²) in [6.07, 6.45) is 5.62. The first-order valence-corrected chi connectivity index (χ1v) is 7.32. The molecule has 2 atom stereocenters. The number of hydrogen-bond acceptors (Lipinski definition) is 6. The molecule has 3 heterocycles. The lowest BCUT2D eigenvalue weighted by Gasteiger charge is -2.35. The Balaban J connectivity index is 1.54. The van der Waals surface area contributed by atoms with Crippen molar-refractivity contribution >= 4 is 11.6 Å². The van der Waals surface area contributed by atoms with Gasteiger partial charge in [-0.15, -0.1) is 0 Å². The highest BCUT2D eigenvalue weighted by Gasteiger charge is 2.32. The monoisotopic (exact) mass is 291 g/mol. The third kappa shape index (κ3) is 3.15. The molecule has 2 aliphatic heterocycles. The number of amides is 1. The Morgan fingerprint density at radius 1 is 1.57 bits per heavy atom. The Morgan fingerprint density at radius 2 is 2.48 bits per heavy atom. The van der Waals surface area contributed by atoms with E-state index < -0.39 is 0 Å². The lowest BCUT2D eigenvalue weighted by Crippen LogP contribution is -2.50. The molecule has 1 aromatic rings. The third-order valence-electron chi connectivity index (χ3n) is 4.17. The van der Waals surface area contributed by atoms with Gasteiger partial charge in [0.15, 0.2) is 0 Å². The number of nitrogen functional groups attached to an aromatic ring is 1. The van der Waals surface area contributed by atoms with E-state index in [0.717, 1.165) is 19.7 Å². The molecule has 3 rings (SSSR count). The summed E-state index contributed by atoms with van der Waals surface area (Å²) in [6.45, 7) is 3.31. The number of nitrogens with two attached hydrogens (primary N) is 1. The van der Waals surface area contributed by atoms with Crippen molar-refractivity contribution in [3.63, 3.8) is 0 Å². The van der Waals surface area contributed by atoms with E-state index in [2.05, 4.69) is 20.6 Å². The second-order valence-electron chi connectivity index (χ2n) is 5.52. The predicted molar refractivity (Wildman–Crippen MR) is 78.7 cm³/mol. The second kappa shape index (κ2) is 6.38. The maximum Gasteiger partial charge on any atom is 0.253 e. The van der Waals surface area contributed by atoms with Crippen molar-refractivity contribution in [3.8, 4) is 0 Å². The molecule has 21 heavy (non-hydrogen) atoms. The van der Waals surface area contributed by atoms with Crippen LogP contribution >= 0.6 is 0 Å². The molecule has 2 unspecified atom stereocenters. The van der Waals surface area contributed by atoms with Gasteiger partial charge in [-0.05, 0) is 25.5 Å². The van der Waals surface area contributed by atoms with Crippen LogP contribution in [0.5, 0.6) is 0 Å². The first-order valence-electron chi connectivity index (χ1n) is 7.32. The summed E-state index contributed by atoms with van der Waals surface area (Å²) >= 11 is 0. The van der Waals surface area contributed by atoms with Gasteiger partial charge < -0.3 is 15.5 Å². The fraction of sp³-hybridized carbons (Fsp3) is 0.571. The van der Waals surface area contributed by atoms with Gasteiger partial charge in [0.1, 0.15) is 0 Å². The summed E-state index contributed by atoms with van der Waals surface area (Å²) in [5, 5.41) is 2.91. The van der Waals surface area contributed by atoms with Crippen molar-refractivity contribution in [1.82, 2.24) is 15.2 Å². The van der Waals surface area contributed by atoms with Gasteiger partial charge >= 0.3 is 0 Å². The molecule has 0 bridgehead atoms. The van der Waals surface area contributed by atoms with Crippen molar-refractivity contribution in [2.24, 2.45) is 5.84 Å². The number of hydrogen-bond donors (Lipinski definition) is 3. The molecule has 0 radical (unpaired) electrons. The van der Waals surface area contributed by atoms with E-state index in [4.69, 9.17) is 10.6 Å². The number of ether oxygens (including phenoxy) is 1. The van der Waals surface area contributed by atoms with E-state index in [0.29, 0.717) is 23.8 Å². The van der Waals surface area contributed by atoms with E-state index >= 15 is 0 Å². The van der Waals surface area contributed by atoms with Crippen molar-refractivity contribution in [3.05, 3.63) is 24.0 Å². The number of morpholine rings is 1. The van der Waals surface area contributed by atoms with Gasteiger partial charge in [0.25, 0.3) is 5.91 Å². The normalized spacial score (nSPS) is 25.4. The molecule has 7 nitrogen and oxygen atoms in total. The fourth-order valence-electron chi connectivity index (χ4n) is 3.02. The van der Waals surface area contributed by atoms with Crippen molar-refractivity contribution in [2.45, 2.75) is 25.0 Å². The van der Waals surface area contributed by atoms with E-state index in [1.54, 1.807) is 12.3 Å². The zero-order chi connectivity index (χ0) is 14.7. The van der Waals surface area contributed by atoms with E-state index in [-0.39, 0.29) is 12.0 Å². The molecule has 1 amide bonds. The van der Waals surface area contributed by atoms with Crippen LogP contribution in [0.2, 0.25) is 0 Å². The minimum atomic E-state index is -0.169.